The Morgan fingerprint density at radius 2 is 1.76 bits per heavy atom. The summed E-state index contributed by atoms with van der Waals surface area (Å²) in [5, 5.41) is 9.82. The number of hydrogen-bond donors (Lipinski definition) is 1. The molecule has 0 saturated heterocycles. The molecule has 0 radical (unpaired) electrons. The summed E-state index contributed by atoms with van der Waals surface area (Å²) in [6, 6.07) is 14.2. The lowest BCUT2D eigenvalue weighted by Crippen LogP contribution is -2.50. The number of nitrogens with zero attached hydrogens (tertiary/aromatic N) is 2. The first-order chi connectivity index (χ1) is 19.3. The molecule has 3 atom stereocenters. The van der Waals surface area contributed by atoms with E-state index in [0.717, 1.165) is 14.7 Å². The van der Waals surface area contributed by atoms with E-state index in [1.54, 1.807) is 19.9 Å². The first-order valence-corrected chi connectivity index (χ1v) is 15.6. The van der Waals surface area contributed by atoms with Crippen LogP contribution in [0.5, 0.6) is 5.75 Å². The Kier molecular flexibility index (Phi) is 9.16. The summed E-state index contributed by atoms with van der Waals surface area (Å²) in [4.78, 5) is -0.667. The highest BCUT2D eigenvalue weighted by molar-refractivity contribution is 7.89. The number of aliphatic hydroxyl groups is 1. The normalized spacial score (nSPS) is 19.7. The number of rotatable bonds is 6. The quantitative estimate of drug-likeness (QED) is 0.433. The molecule has 0 amide bonds. The molecule has 3 aromatic carbocycles. The van der Waals surface area contributed by atoms with E-state index in [1.807, 2.05) is 0 Å². The van der Waals surface area contributed by atoms with Gasteiger partial charge >= 0.3 is 0 Å². The number of halogens is 2. The molecule has 1 aliphatic rings. The molecule has 3 aromatic rings. The number of benzene rings is 3. The predicted molar refractivity (Wildman–Crippen MR) is 149 cm³/mol. The summed E-state index contributed by atoms with van der Waals surface area (Å²) in [5.74, 6) is 3.75. The molecule has 0 aromatic heterocycles. The average molecular weight is 605 g/mol. The molecule has 0 fully saturated rings. The average Bonchev–Trinajstić information content (AvgIpc) is 2.93. The Balaban J connectivity index is 1.76. The highest BCUT2D eigenvalue weighted by Gasteiger charge is 2.39. The van der Waals surface area contributed by atoms with Crippen molar-refractivity contribution in [2.24, 2.45) is 5.92 Å². The molecule has 0 spiro atoms. The zero-order valence-corrected chi connectivity index (χ0v) is 24.3. The van der Waals surface area contributed by atoms with Crippen LogP contribution in [0.4, 0.5) is 8.78 Å². The van der Waals surface area contributed by atoms with Crippen molar-refractivity contribution in [3.8, 4) is 17.6 Å². The predicted octanol–water partition coefficient (Wildman–Crippen LogP) is 3.45. The van der Waals surface area contributed by atoms with Crippen molar-refractivity contribution in [1.82, 2.24) is 8.61 Å². The van der Waals surface area contributed by atoms with Gasteiger partial charge in [0.05, 0.1) is 13.2 Å². The Labute approximate surface area is 239 Å². The first-order valence-electron chi connectivity index (χ1n) is 12.8. The van der Waals surface area contributed by atoms with Crippen LogP contribution >= 0.6 is 0 Å². The minimum Gasteiger partial charge on any atom is -0.487 e. The van der Waals surface area contributed by atoms with E-state index in [9.17, 15) is 30.7 Å². The van der Waals surface area contributed by atoms with Crippen LogP contribution in [0.2, 0.25) is 0 Å². The molecule has 0 bridgehead atoms. The molecule has 1 heterocycles. The van der Waals surface area contributed by atoms with Crippen LogP contribution in [-0.4, -0.2) is 69.4 Å². The van der Waals surface area contributed by atoms with Gasteiger partial charge in [0.1, 0.15) is 33.3 Å². The molecule has 0 aliphatic carbocycles. The van der Waals surface area contributed by atoms with Crippen molar-refractivity contribution in [2.75, 3.05) is 26.7 Å². The first kappa shape index (κ1) is 30.6. The fourth-order valence-electron chi connectivity index (χ4n) is 4.41. The smallest absolute Gasteiger partial charge is 0.247 e. The van der Waals surface area contributed by atoms with Crippen molar-refractivity contribution in [3.05, 3.63) is 89.5 Å². The van der Waals surface area contributed by atoms with Crippen LogP contribution in [0.25, 0.3) is 0 Å². The summed E-state index contributed by atoms with van der Waals surface area (Å²) in [6.07, 6.45) is -0.865. The largest absolute Gasteiger partial charge is 0.487 e. The van der Waals surface area contributed by atoms with Gasteiger partial charge in [0, 0.05) is 36.7 Å². The van der Waals surface area contributed by atoms with Crippen LogP contribution in [0, 0.1) is 29.4 Å². The van der Waals surface area contributed by atoms with E-state index < -0.39 is 61.2 Å². The topological polar surface area (TPSA) is 104 Å². The Morgan fingerprint density at radius 3 is 2.41 bits per heavy atom. The lowest BCUT2D eigenvalue weighted by molar-refractivity contribution is 0.0904. The lowest BCUT2D eigenvalue weighted by Gasteiger charge is -2.37. The SMILES string of the molecule is C[C@@H]1CN([C@@H](C)CO)S(=O)(=O)c2ccc(C#Cc3cccc(F)c3)cc2O[C@@H]1CN(C)S(=O)(=O)c1ccccc1F. The third-order valence-electron chi connectivity index (χ3n) is 6.80. The highest BCUT2D eigenvalue weighted by atomic mass is 32.2. The number of aliphatic hydroxyl groups excluding tert-OH is 1. The van der Waals surface area contributed by atoms with E-state index in [4.69, 9.17) is 4.74 Å². The summed E-state index contributed by atoms with van der Waals surface area (Å²) in [7, 11) is -7.09. The number of hydrogen-bond acceptors (Lipinski definition) is 6. The Hall–Kier alpha value is -3.34. The highest BCUT2D eigenvalue weighted by Crippen LogP contribution is 2.34. The maximum absolute atomic E-state index is 14.4. The second-order valence-electron chi connectivity index (χ2n) is 9.88. The Bertz CT molecular complexity index is 1700. The molecule has 4 rings (SSSR count). The molecular formula is C29H30F2N2O6S2. The number of sulfonamides is 2. The van der Waals surface area contributed by atoms with Crippen molar-refractivity contribution in [1.29, 1.82) is 0 Å². The molecule has 218 valence electrons. The molecule has 8 nitrogen and oxygen atoms in total. The van der Waals surface area contributed by atoms with Crippen LogP contribution in [0.15, 0.2) is 76.5 Å². The number of likely N-dealkylation sites (N-methyl/N-ethyl adjacent to an activating group) is 1. The van der Waals surface area contributed by atoms with Gasteiger partial charge in [0.25, 0.3) is 0 Å². The van der Waals surface area contributed by atoms with E-state index in [0.29, 0.717) is 11.1 Å². The molecule has 12 heteroatoms. The maximum atomic E-state index is 14.4. The number of fused-ring (bicyclic) bond motifs is 1. The van der Waals surface area contributed by atoms with Crippen molar-refractivity contribution >= 4 is 20.0 Å². The third-order valence-corrected chi connectivity index (χ3v) is 10.7. The summed E-state index contributed by atoms with van der Waals surface area (Å²) >= 11 is 0. The van der Waals surface area contributed by atoms with Crippen molar-refractivity contribution < 1.29 is 35.5 Å². The molecular weight excluding hydrogens is 574 g/mol. The van der Waals surface area contributed by atoms with Crippen LogP contribution in [0.1, 0.15) is 25.0 Å². The van der Waals surface area contributed by atoms with Crippen LogP contribution in [0.3, 0.4) is 0 Å². The van der Waals surface area contributed by atoms with E-state index in [1.165, 1.54) is 61.6 Å². The zero-order valence-electron chi connectivity index (χ0n) is 22.7. The fourth-order valence-corrected chi connectivity index (χ4v) is 7.47. The van der Waals surface area contributed by atoms with Crippen molar-refractivity contribution in [3.63, 3.8) is 0 Å². The van der Waals surface area contributed by atoms with Gasteiger partial charge in [-0.15, -0.1) is 0 Å². The molecule has 0 unspecified atom stereocenters. The second-order valence-corrected chi connectivity index (χ2v) is 13.8. The minimum absolute atomic E-state index is 0.0561. The maximum Gasteiger partial charge on any atom is 0.247 e. The van der Waals surface area contributed by atoms with Gasteiger partial charge in [-0.1, -0.05) is 37.0 Å². The molecule has 0 saturated carbocycles. The van der Waals surface area contributed by atoms with Crippen LogP contribution < -0.4 is 4.74 Å². The minimum atomic E-state index is -4.25. The summed E-state index contributed by atoms with van der Waals surface area (Å²) < 4.78 is 90.0. The fraction of sp³-hybridized carbons (Fsp3) is 0.310. The van der Waals surface area contributed by atoms with E-state index >= 15 is 0 Å². The second kappa shape index (κ2) is 12.3. The molecule has 1 aliphatic heterocycles. The van der Waals surface area contributed by atoms with Gasteiger partial charge in [-0.3, -0.25) is 0 Å². The third kappa shape index (κ3) is 6.60. The monoisotopic (exact) mass is 604 g/mol. The summed E-state index contributed by atoms with van der Waals surface area (Å²) in [5.41, 5.74) is 0.795. The van der Waals surface area contributed by atoms with Gasteiger partial charge < -0.3 is 9.84 Å². The van der Waals surface area contributed by atoms with Gasteiger partial charge in [-0.05, 0) is 55.5 Å². The Morgan fingerprint density at radius 1 is 1.07 bits per heavy atom. The van der Waals surface area contributed by atoms with E-state index in [2.05, 4.69) is 11.8 Å². The van der Waals surface area contributed by atoms with Gasteiger partial charge in [0.15, 0.2) is 0 Å². The van der Waals surface area contributed by atoms with Crippen LogP contribution in [-0.2, 0) is 20.0 Å². The standard InChI is InChI=1S/C29H30F2N2O6S2/c1-20-17-33(21(2)19-34)41(37,38)29-14-13-23(12-11-22-7-6-8-24(30)15-22)16-26(29)39-27(20)18-32(3)40(35,36)28-10-5-4-9-25(28)31/h4-10,13-16,20-21,27,34H,17-19H2,1-3H3/t20-,21+,27-/m1/s1. The number of ether oxygens (including phenoxy) is 1. The molecule has 41 heavy (non-hydrogen) atoms. The molecule has 1 N–H and O–H groups in total. The van der Waals surface area contributed by atoms with Gasteiger partial charge in [0.2, 0.25) is 20.0 Å². The lowest BCUT2D eigenvalue weighted by atomic mass is 10.0. The van der Waals surface area contributed by atoms with Gasteiger partial charge in [-0.25, -0.2) is 25.6 Å². The van der Waals surface area contributed by atoms with E-state index in [-0.39, 0.29) is 23.7 Å². The summed E-state index contributed by atoms with van der Waals surface area (Å²) in [6.45, 7) is 2.54. The zero-order chi connectivity index (χ0) is 29.9. The van der Waals surface area contributed by atoms with Gasteiger partial charge in [-0.2, -0.15) is 8.61 Å². The van der Waals surface area contributed by atoms with Crippen molar-refractivity contribution in [2.45, 2.75) is 35.8 Å².